The van der Waals surface area contributed by atoms with Crippen molar-refractivity contribution in [1.29, 1.82) is 0 Å². The number of carbonyl (C=O) groups is 4. The van der Waals surface area contributed by atoms with Crippen LogP contribution in [0, 0.1) is 5.92 Å². The van der Waals surface area contributed by atoms with Crippen LogP contribution in [0.25, 0.3) is 0 Å². The van der Waals surface area contributed by atoms with Gasteiger partial charge in [-0.05, 0) is 70.7 Å². The van der Waals surface area contributed by atoms with Crippen LogP contribution in [-0.4, -0.2) is 72.7 Å². The van der Waals surface area contributed by atoms with E-state index in [0.717, 1.165) is 17.7 Å². The minimum atomic E-state index is -0.561. The predicted molar refractivity (Wildman–Crippen MR) is 154 cm³/mol. The number of piperidine rings is 1. The lowest BCUT2D eigenvalue weighted by molar-refractivity contribution is -0.129. The lowest BCUT2D eigenvalue weighted by Gasteiger charge is -2.43. The van der Waals surface area contributed by atoms with Crippen LogP contribution in [0.2, 0.25) is 0 Å². The molecular weight excluding hydrogens is 546 g/mol. The van der Waals surface area contributed by atoms with Gasteiger partial charge in [-0.25, -0.2) is 4.79 Å². The fourth-order valence-electron chi connectivity index (χ4n) is 6.39. The molecule has 5 amide bonds. The van der Waals surface area contributed by atoms with Crippen molar-refractivity contribution in [3.8, 4) is 0 Å². The quantitative estimate of drug-likeness (QED) is 0.194. The van der Waals surface area contributed by atoms with Crippen molar-refractivity contribution in [2.24, 2.45) is 5.92 Å². The molecule has 1 aliphatic carbocycles. The molecule has 0 unspecified atom stereocenters. The number of epoxide rings is 2. The number of carbonyl (C=O) groups excluding carboxylic acids is 4. The van der Waals surface area contributed by atoms with Gasteiger partial charge in [0.15, 0.2) is 0 Å². The fraction of sp³-hybridized carbons (Fsp3) is 0.600. The number of nitrogens with one attached hydrogen (secondary N) is 2. The van der Waals surface area contributed by atoms with Gasteiger partial charge in [0.25, 0.3) is 0 Å². The summed E-state index contributed by atoms with van der Waals surface area (Å²) in [4.78, 5) is 51.7. The molecular formula is C30H39N3O7S. The standard InChI is InChI=1S/C30H39N3O7S/c1-18(2)8-13-22-29(3,40-22)27-26(38-4)21(14-15-30(27)17-39-30)31-28(37)32-23(34)16-41-20-11-9-19(10-12-20)33-24(35)6-5-7-25(33)36/h8-12,21-22,26-27H,5-7,13-17H2,1-4H3,(H2,31,32,34,37)/t21-,22-,26-,27-,29+,30+/m1/s1. The molecule has 41 heavy (non-hydrogen) atoms. The van der Waals surface area contributed by atoms with Crippen molar-refractivity contribution in [2.45, 2.75) is 93.6 Å². The summed E-state index contributed by atoms with van der Waals surface area (Å²) >= 11 is 1.26. The number of rotatable bonds is 9. The van der Waals surface area contributed by atoms with E-state index in [4.69, 9.17) is 14.2 Å². The van der Waals surface area contributed by atoms with Crippen LogP contribution in [0.4, 0.5) is 10.5 Å². The molecule has 0 radical (unpaired) electrons. The van der Waals surface area contributed by atoms with Crippen molar-refractivity contribution in [2.75, 3.05) is 24.4 Å². The van der Waals surface area contributed by atoms with Gasteiger partial charge in [0, 0.05) is 30.8 Å². The summed E-state index contributed by atoms with van der Waals surface area (Å²) in [6.45, 7) is 6.90. The summed E-state index contributed by atoms with van der Waals surface area (Å²) in [5.41, 5.74) is 1.07. The number of amides is 5. The number of imide groups is 2. The van der Waals surface area contributed by atoms with Crippen LogP contribution in [0.1, 0.15) is 59.3 Å². The number of methoxy groups -OCH3 is 1. The van der Waals surface area contributed by atoms with Crippen molar-refractivity contribution in [3.05, 3.63) is 35.9 Å². The number of hydrogen-bond donors (Lipinski definition) is 2. The molecule has 0 aromatic heterocycles. The van der Waals surface area contributed by atoms with Gasteiger partial charge in [0.2, 0.25) is 17.7 Å². The van der Waals surface area contributed by atoms with Gasteiger partial charge in [-0.2, -0.15) is 0 Å². The van der Waals surface area contributed by atoms with Crippen LogP contribution in [0.15, 0.2) is 40.8 Å². The Bertz CT molecular complexity index is 1210. The molecule has 4 aliphatic rings. The van der Waals surface area contributed by atoms with E-state index in [2.05, 4.69) is 37.5 Å². The van der Waals surface area contributed by atoms with Crippen molar-refractivity contribution in [1.82, 2.24) is 10.6 Å². The van der Waals surface area contributed by atoms with Gasteiger partial charge in [-0.15, -0.1) is 11.8 Å². The van der Waals surface area contributed by atoms with Crippen LogP contribution in [0.3, 0.4) is 0 Å². The molecule has 3 aliphatic heterocycles. The number of urea groups is 1. The minimum absolute atomic E-state index is 0.0320. The first-order valence-electron chi connectivity index (χ1n) is 14.2. The summed E-state index contributed by atoms with van der Waals surface area (Å²) in [6.07, 6.45) is 5.51. The highest BCUT2D eigenvalue weighted by molar-refractivity contribution is 8.00. The number of nitrogens with zero attached hydrogens (tertiary/aromatic N) is 1. The third-order valence-corrected chi connectivity index (χ3v) is 9.62. The zero-order valence-electron chi connectivity index (χ0n) is 24.1. The average molecular weight is 586 g/mol. The molecule has 2 N–H and O–H groups in total. The molecule has 5 rings (SSSR count). The van der Waals surface area contributed by atoms with Crippen LogP contribution in [0.5, 0.6) is 0 Å². The molecule has 1 aromatic carbocycles. The molecule has 1 saturated carbocycles. The van der Waals surface area contributed by atoms with E-state index >= 15 is 0 Å². The average Bonchev–Trinajstić information content (AvgIpc) is 3.84. The highest BCUT2D eigenvalue weighted by Gasteiger charge is 2.71. The molecule has 4 fully saturated rings. The van der Waals surface area contributed by atoms with Gasteiger partial charge in [-0.1, -0.05) is 11.6 Å². The maximum absolute atomic E-state index is 12.8. The monoisotopic (exact) mass is 585 g/mol. The Balaban J connectivity index is 1.13. The van der Waals surface area contributed by atoms with Crippen LogP contribution in [-0.2, 0) is 28.6 Å². The fourth-order valence-corrected chi connectivity index (χ4v) is 7.09. The summed E-state index contributed by atoms with van der Waals surface area (Å²) in [5.74, 6) is -0.840. The largest absolute Gasteiger partial charge is 0.379 e. The number of anilines is 1. The molecule has 1 aromatic rings. The maximum atomic E-state index is 12.8. The zero-order valence-corrected chi connectivity index (χ0v) is 24.9. The molecule has 3 heterocycles. The molecule has 10 nitrogen and oxygen atoms in total. The van der Waals surface area contributed by atoms with E-state index in [0.29, 0.717) is 38.0 Å². The number of thioether (sulfide) groups is 1. The highest BCUT2D eigenvalue weighted by Crippen LogP contribution is 2.59. The van der Waals surface area contributed by atoms with E-state index in [9.17, 15) is 19.2 Å². The summed E-state index contributed by atoms with van der Waals surface area (Å²) in [6, 6.07) is 6.06. The number of allylic oxidation sites excluding steroid dienone is 1. The normalized spacial score (nSPS) is 32.4. The third kappa shape index (κ3) is 6.38. The summed E-state index contributed by atoms with van der Waals surface area (Å²) in [5, 5.41) is 5.39. The second-order valence-electron chi connectivity index (χ2n) is 11.8. The highest BCUT2D eigenvalue weighted by atomic mass is 32.2. The first kappa shape index (κ1) is 29.8. The van der Waals surface area contributed by atoms with Crippen LogP contribution >= 0.6 is 11.8 Å². The molecule has 11 heteroatoms. The van der Waals surface area contributed by atoms with Gasteiger partial charge < -0.3 is 19.5 Å². The zero-order chi connectivity index (χ0) is 29.4. The van der Waals surface area contributed by atoms with E-state index < -0.39 is 17.5 Å². The smallest absolute Gasteiger partial charge is 0.321 e. The Morgan fingerprint density at radius 2 is 1.85 bits per heavy atom. The SMILES string of the molecule is CO[C@@H]1[C@H](NC(=O)NC(=O)CSc2ccc(N3C(=O)CCCC3=O)cc2)CC[C@]2(CO2)[C@H]1[C@@]1(C)O[C@@H]1CC=C(C)C. The topological polar surface area (TPSA) is 130 Å². The number of benzene rings is 1. The third-order valence-electron chi connectivity index (χ3n) is 8.61. The van der Waals surface area contributed by atoms with Crippen molar-refractivity contribution < 1.29 is 33.4 Å². The summed E-state index contributed by atoms with van der Waals surface area (Å²) < 4.78 is 18.1. The van der Waals surface area contributed by atoms with Gasteiger partial charge in [0.05, 0.1) is 41.9 Å². The summed E-state index contributed by atoms with van der Waals surface area (Å²) in [7, 11) is 1.65. The van der Waals surface area contributed by atoms with Gasteiger partial charge in [0.1, 0.15) is 5.60 Å². The Morgan fingerprint density at radius 1 is 1.17 bits per heavy atom. The van der Waals surface area contributed by atoms with E-state index in [1.165, 1.54) is 22.2 Å². The molecule has 6 atom stereocenters. The second kappa shape index (κ2) is 11.9. The Labute approximate surface area is 244 Å². The second-order valence-corrected chi connectivity index (χ2v) is 12.8. The van der Waals surface area contributed by atoms with E-state index in [1.54, 1.807) is 31.4 Å². The number of hydrogen-bond acceptors (Lipinski definition) is 8. The molecule has 222 valence electrons. The number of ether oxygens (including phenoxy) is 3. The first-order valence-corrected chi connectivity index (χ1v) is 15.2. The Hall–Kier alpha value is -2.73. The molecule has 3 saturated heterocycles. The van der Waals surface area contributed by atoms with E-state index in [-0.39, 0.29) is 47.3 Å². The van der Waals surface area contributed by atoms with E-state index in [1.807, 2.05) is 0 Å². The predicted octanol–water partition coefficient (Wildman–Crippen LogP) is 3.72. The minimum Gasteiger partial charge on any atom is -0.379 e. The first-order chi connectivity index (χ1) is 19.6. The van der Waals surface area contributed by atoms with Crippen molar-refractivity contribution in [3.63, 3.8) is 0 Å². The van der Waals surface area contributed by atoms with Crippen LogP contribution < -0.4 is 15.5 Å². The Kier molecular flexibility index (Phi) is 8.61. The van der Waals surface area contributed by atoms with Gasteiger partial charge in [-0.3, -0.25) is 24.6 Å². The lowest BCUT2D eigenvalue weighted by Crippen LogP contribution is -2.60. The maximum Gasteiger partial charge on any atom is 0.321 e. The van der Waals surface area contributed by atoms with Crippen molar-refractivity contribution >= 4 is 41.2 Å². The van der Waals surface area contributed by atoms with Gasteiger partial charge >= 0.3 is 6.03 Å². The Morgan fingerprint density at radius 3 is 2.46 bits per heavy atom. The lowest BCUT2D eigenvalue weighted by atomic mass is 9.67. The molecule has 0 bridgehead atoms. The molecule has 1 spiro atoms.